The Labute approximate surface area is 83.6 Å². The molecule has 1 aromatic rings. The van der Waals surface area contributed by atoms with E-state index in [1.54, 1.807) is 11.6 Å². The lowest BCUT2D eigenvalue weighted by molar-refractivity contribution is 0.865. The average Bonchev–Trinajstić information content (AvgIpc) is 1.98. The van der Waals surface area contributed by atoms with E-state index in [9.17, 15) is 4.79 Å². The summed E-state index contributed by atoms with van der Waals surface area (Å²) in [6.45, 7) is 0. The second-order valence-corrected chi connectivity index (χ2v) is 5.29. The van der Waals surface area contributed by atoms with Crippen molar-refractivity contribution in [2.75, 3.05) is 0 Å². The van der Waals surface area contributed by atoms with Crippen LogP contribution in [0.1, 0.15) is 0 Å². The van der Waals surface area contributed by atoms with E-state index < -0.39 is 0 Å². The Bertz CT molecular complexity index is 277. The van der Waals surface area contributed by atoms with Crippen LogP contribution in [-0.2, 0) is 7.05 Å². The van der Waals surface area contributed by atoms with Crippen LogP contribution in [0.5, 0.6) is 0 Å². The fourth-order valence-corrected chi connectivity index (χ4v) is 2.64. The molecule has 0 aliphatic heterocycles. The van der Waals surface area contributed by atoms with Crippen molar-refractivity contribution in [3.63, 3.8) is 0 Å². The molecule has 0 aliphatic carbocycles. The fraction of sp³-hybridized carbons (Fsp3) is 0.250. The van der Waals surface area contributed by atoms with E-state index in [1.165, 1.54) is 11.3 Å². The van der Waals surface area contributed by atoms with Gasteiger partial charge in [0.25, 0.3) is 0 Å². The van der Waals surface area contributed by atoms with Crippen molar-refractivity contribution in [3.8, 4) is 0 Å². The maximum absolute atomic E-state index is 10.8. The zero-order valence-corrected chi connectivity index (χ0v) is 9.65. The van der Waals surface area contributed by atoms with Gasteiger partial charge >= 0.3 is 4.87 Å². The zero-order valence-electron chi connectivity index (χ0n) is 4.52. The smallest absolute Gasteiger partial charge is 0.296 e. The molecule has 1 heterocycles. The van der Waals surface area contributed by atoms with Crippen molar-refractivity contribution >= 4 is 56.5 Å². The van der Waals surface area contributed by atoms with E-state index in [0.29, 0.717) is 0 Å². The molecule has 0 saturated carbocycles. The Hall–Kier alpha value is 0.890. The van der Waals surface area contributed by atoms with E-state index in [2.05, 4.69) is 45.2 Å². The van der Waals surface area contributed by atoms with Gasteiger partial charge in [0.1, 0.15) is 6.58 Å². The summed E-state index contributed by atoms with van der Waals surface area (Å²) in [7, 11) is 1.78. The Morgan fingerprint density at radius 3 is 2.22 bits per heavy atom. The minimum Gasteiger partial charge on any atom is -0.296 e. The van der Waals surface area contributed by atoms with Crippen molar-refractivity contribution in [1.29, 1.82) is 0 Å². The van der Waals surface area contributed by atoms with Crippen LogP contribution in [-0.4, -0.2) is 4.57 Å². The number of rotatable bonds is 0. The van der Waals surface area contributed by atoms with Crippen molar-refractivity contribution in [1.82, 2.24) is 4.57 Å². The van der Waals surface area contributed by atoms with Crippen molar-refractivity contribution < 1.29 is 0 Å². The number of nitrogens with zero attached hydrogens (tertiary/aromatic N) is 1. The first-order valence-electron chi connectivity index (χ1n) is 2.13. The van der Waals surface area contributed by atoms with E-state index >= 15 is 0 Å². The number of halogens is 2. The molecule has 0 unspecified atom stereocenters. The predicted octanol–water partition coefficient (Wildman–Crippen LogP) is 1.66. The van der Waals surface area contributed by atoms with Crippen molar-refractivity contribution in [2.45, 2.75) is 0 Å². The van der Waals surface area contributed by atoms with Crippen LogP contribution < -0.4 is 4.87 Å². The molecule has 0 atom stereocenters. The van der Waals surface area contributed by atoms with Gasteiger partial charge in [0.2, 0.25) is 0 Å². The summed E-state index contributed by atoms with van der Waals surface area (Å²) in [6, 6.07) is 0. The van der Waals surface area contributed by atoms with Crippen molar-refractivity contribution in [2.24, 2.45) is 7.05 Å². The molecule has 50 valence electrons. The minimum atomic E-state index is 0.115. The molecule has 0 spiro atoms. The summed E-state index contributed by atoms with van der Waals surface area (Å²) >= 11 is 5.60. The molecule has 2 nitrogen and oxygen atoms in total. The molecule has 0 saturated heterocycles. The van der Waals surface area contributed by atoms with E-state index in [1.807, 2.05) is 0 Å². The van der Waals surface area contributed by atoms with Crippen LogP contribution in [0.15, 0.2) is 4.79 Å². The Morgan fingerprint density at radius 1 is 1.56 bits per heavy atom. The van der Waals surface area contributed by atoms with Crippen LogP contribution >= 0.6 is 56.5 Å². The standard InChI is InChI=1S/C4H3I2NOS/c1-7-2(5)3(6)9-4(7)8/h1H3. The summed E-state index contributed by atoms with van der Waals surface area (Å²) in [4.78, 5) is 10.9. The lowest BCUT2D eigenvalue weighted by Crippen LogP contribution is -2.08. The highest BCUT2D eigenvalue weighted by atomic mass is 127. The highest BCUT2D eigenvalue weighted by Gasteiger charge is 2.04. The van der Waals surface area contributed by atoms with Gasteiger partial charge in [-0.25, -0.2) is 0 Å². The third-order valence-corrected chi connectivity index (χ3v) is 5.56. The molecule has 0 radical (unpaired) electrons. The molecule has 0 amide bonds. The molecular weight excluding hydrogens is 364 g/mol. The summed E-state index contributed by atoms with van der Waals surface area (Å²) in [5, 5.41) is 0. The van der Waals surface area contributed by atoms with E-state index in [0.717, 1.165) is 6.58 Å². The lowest BCUT2D eigenvalue weighted by atomic mass is 10.9. The third-order valence-electron chi connectivity index (χ3n) is 0.907. The second-order valence-electron chi connectivity index (χ2n) is 1.49. The molecule has 1 rings (SSSR count). The number of hydrogen-bond donors (Lipinski definition) is 0. The molecule has 5 heteroatoms. The molecule has 0 aliphatic rings. The van der Waals surface area contributed by atoms with Crippen LogP contribution in [0, 0.1) is 6.58 Å². The van der Waals surface area contributed by atoms with Gasteiger partial charge in [0.05, 0.1) is 0 Å². The number of thiazole rings is 1. The summed E-state index contributed by atoms with van der Waals surface area (Å²) in [5.41, 5.74) is 0. The van der Waals surface area contributed by atoms with E-state index in [-0.39, 0.29) is 4.87 Å². The maximum Gasteiger partial charge on any atom is 0.308 e. The largest absolute Gasteiger partial charge is 0.308 e. The van der Waals surface area contributed by atoms with Gasteiger partial charge in [-0.05, 0) is 45.2 Å². The van der Waals surface area contributed by atoms with Crippen LogP contribution in [0.2, 0.25) is 0 Å². The molecule has 1 aromatic heterocycles. The molecule has 0 N–H and O–H groups in total. The Morgan fingerprint density at radius 2 is 2.11 bits per heavy atom. The van der Waals surface area contributed by atoms with Crippen LogP contribution in [0.4, 0.5) is 0 Å². The van der Waals surface area contributed by atoms with Gasteiger partial charge < -0.3 is 0 Å². The number of aromatic nitrogens is 1. The van der Waals surface area contributed by atoms with Gasteiger partial charge in [0, 0.05) is 7.05 Å². The van der Waals surface area contributed by atoms with Gasteiger partial charge in [-0.3, -0.25) is 9.36 Å². The second kappa shape index (κ2) is 2.87. The maximum atomic E-state index is 10.8. The lowest BCUT2D eigenvalue weighted by Gasteiger charge is -1.87. The number of hydrogen-bond acceptors (Lipinski definition) is 2. The fourth-order valence-electron chi connectivity index (χ4n) is 0.399. The van der Waals surface area contributed by atoms with Crippen molar-refractivity contribution in [3.05, 3.63) is 16.3 Å². The topological polar surface area (TPSA) is 22.0 Å². The summed E-state index contributed by atoms with van der Waals surface area (Å²) in [5.74, 6) is 0. The first-order chi connectivity index (χ1) is 4.13. The monoisotopic (exact) mass is 367 g/mol. The molecule has 9 heavy (non-hydrogen) atoms. The minimum absolute atomic E-state index is 0.115. The quantitative estimate of drug-likeness (QED) is 0.640. The summed E-state index contributed by atoms with van der Waals surface area (Å²) < 4.78 is 3.75. The highest BCUT2D eigenvalue weighted by molar-refractivity contribution is 14.1. The highest BCUT2D eigenvalue weighted by Crippen LogP contribution is 2.15. The molecular formula is C4H3I2NOS. The third kappa shape index (κ3) is 1.48. The van der Waals surface area contributed by atoms with Crippen LogP contribution in [0.3, 0.4) is 0 Å². The van der Waals surface area contributed by atoms with Gasteiger partial charge in [-0.1, -0.05) is 11.3 Å². The Kier molecular flexibility index (Phi) is 2.55. The average molecular weight is 367 g/mol. The predicted molar refractivity (Wildman–Crippen MR) is 55.0 cm³/mol. The van der Waals surface area contributed by atoms with Gasteiger partial charge in [0.15, 0.2) is 0 Å². The van der Waals surface area contributed by atoms with Gasteiger partial charge in [-0.15, -0.1) is 0 Å². The SMILES string of the molecule is Cn1c(I)c(I)sc1=O. The Balaban J connectivity index is 3.47. The normalized spacial score (nSPS) is 10.1. The first-order valence-corrected chi connectivity index (χ1v) is 5.11. The van der Waals surface area contributed by atoms with Crippen LogP contribution in [0.25, 0.3) is 0 Å². The zero-order chi connectivity index (χ0) is 7.02. The van der Waals surface area contributed by atoms with Gasteiger partial charge in [-0.2, -0.15) is 0 Å². The molecule has 0 aromatic carbocycles. The summed E-state index contributed by atoms with van der Waals surface area (Å²) in [6.07, 6.45) is 0. The van der Waals surface area contributed by atoms with E-state index in [4.69, 9.17) is 0 Å². The molecule has 0 bridgehead atoms. The molecule has 0 fully saturated rings. The first kappa shape index (κ1) is 7.99.